The van der Waals surface area contributed by atoms with Gasteiger partial charge in [0.05, 0.1) is 23.0 Å². The lowest BCUT2D eigenvalue weighted by Gasteiger charge is -2.33. The molecule has 0 saturated carbocycles. The van der Waals surface area contributed by atoms with Gasteiger partial charge in [0, 0.05) is 44.7 Å². The Balaban J connectivity index is 1.77. The third-order valence-electron chi connectivity index (χ3n) is 5.51. The first kappa shape index (κ1) is 22.4. The van der Waals surface area contributed by atoms with Crippen molar-refractivity contribution in [2.45, 2.75) is 31.1 Å². The highest BCUT2D eigenvalue weighted by Crippen LogP contribution is 2.34. The van der Waals surface area contributed by atoms with E-state index in [1.165, 1.54) is 16.4 Å². The fourth-order valence-electron chi connectivity index (χ4n) is 3.79. The predicted octanol–water partition coefficient (Wildman–Crippen LogP) is 1.36. The number of benzene rings is 1. The number of nitrogens with zero attached hydrogens (tertiary/aromatic N) is 3. The first-order chi connectivity index (χ1) is 14.3. The third kappa shape index (κ3) is 4.90. The molecule has 2 saturated heterocycles. The Morgan fingerprint density at radius 1 is 1.23 bits per heavy atom. The standard InChI is InChI=1S/C19H28N4O6S/c1-2-7-20-19(24)15-5-8-21(9-6-15)17-4-3-16(14-18(17)23(25)26)30(27,28)22-10-12-29-13-11-22/h3-4,14-15H,2,5-13H2,1H3,(H,20,24). The lowest BCUT2D eigenvalue weighted by molar-refractivity contribution is -0.384. The van der Waals surface area contributed by atoms with E-state index in [0.29, 0.717) is 51.4 Å². The number of carbonyl (C=O) groups excluding carboxylic acids is 1. The second-order valence-electron chi connectivity index (χ2n) is 7.48. The molecule has 0 atom stereocenters. The zero-order valence-corrected chi connectivity index (χ0v) is 17.9. The zero-order chi connectivity index (χ0) is 21.7. The van der Waals surface area contributed by atoms with Gasteiger partial charge >= 0.3 is 0 Å². The second kappa shape index (κ2) is 9.71. The van der Waals surface area contributed by atoms with Crippen LogP contribution in [0.3, 0.4) is 0 Å². The van der Waals surface area contributed by atoms with Crippen molar-refractivity contribution in [3.63, 3.8) is 0 Å². The number of sulfonamides is 1. The number of nitro groups is 1. The van der Waals surface area contributed by atoms with Crippen LogP contribution in [0.4, 0.5) is 11.4 Å². The Labute approximate surface area is 176 Å². The van der Waals surface area contributed by atoms with Gasteiger partial charge in [-0.3, -0.25) is 14.9 Å². The number of hydrogen-bond acceptors (Lipinski definition) is 7. The van der Waals surface area contributed by atoms with Gasteiger partial charge in [0.1, 0.15) is 5.69 Å². The quantitative estimate of drug-likeness (QED) is 0.502. The minimum Gasteiger partial charge on any atom is -0.379 e. The molecule has 11 heteroatoms. The van der Waals surface area contributed by atoms with E-state index < -0.39 is 14.9 Å². The average molecular weight is 441 g/mol. The van der Waals surface area contributed by atoms with Gasteiger partial charge in [0.2, 0.25) is 15.9 Å². The number of piperidine rings is 1. The molecule has 0 aliphatic carbocycles. The molecule has 2 aliphatic heterocycles. The van der Waals surface area contributed by atoms with Crippen molar-refractivity contribution in [1.29, 1.82) is 0 Å². The molecule has 166 valence electrons. The first-order valence-corrected chi connectivity index (χ1v) is 11.7. The van der Waals surface area contributed by atoms with Crippen LogP contribution in [0, 0.1) is 16.0 Å². The van der Waals surface area contributed by atoms with Crippen LogP contribution in [0.15, 0.2) is 23.1 Å². The summed E-state index contributed by atoms with van der Waals surface area (Å²) in [6, 6.07) is 4.07. The van der Waals surface area contributed by atoms with Gasteiger partial charge in [0.25, 0.3) is 5.69 Å². The minimum absolute atomic E-state index is 0.0259. The summed E-state index contributed by atoms with van der Waals surface area (Å²) >= 11 is 0. The first-order valence-electron chi connectivity index (χ1n) is 10.2. The third-order valence-corrected chi connectivity index (χ3v) is 7.40. The number of anilines is 1. The molecule has 1 aromatic rings. The Kier molecular flexibility index (Phi) is 7.27. The second-order valence-corrected chi connectivity index (χ2v) is 9.41. The highest BCUT2D eigenvalue weighted by molar-refractivity contribution is 7.89. The topological polar surface area (TPSA) is 122 Å². The fourth-order valence-corrected chi connectivity index (χ4v) is 5.22. The summed E-state index contributed by atoms with van der Waals surface area (Å²) in [6.07, 6.45) is 2.07. The summed E-state index contributed by atoms with van der Waals surface area (Å²) in [5.74, 6) is -0.0780. The highest BCUT2D eigenvalue weighted by atomic mass is 32.2. The monoisotopic (exact) mass is 440 g/mol. The molecule has 0 spiro atoms. The molecular weight excluding hydrogens is 412 g/mol. The highest BCUT2D eigenvalue weighted by Gasteiger charge is 2.32. The number of nitrogens with one attached hydrogen (secondary N) is 1. The van der Waals surface area contributed by atoms with E-state index in [9.17, 15) is 23.3 Å². The molecule has 0 bridgehead atoms. The maximum atomic E-state index is 12.8. The van der Waals surface area contributed by atoms with E-state index in [2.05, 4.69) is 5.32 Å². The molecule has 0 unspecified atom stereocenters. The molecule has 30 heavy (non-hydrogen) atoms. The summed E-state index contributed by atoms with van der Waals surface area (Å²) in [5.41, 5.74) is 0.145. The number of carbonyl (C=O) groups is 1. The summed E-state index contributed by atoms with van der Waals surface area (Å²) < 4.78 is 32.2. The van der Waals surface area contributed by atoms with E-state index in [1.807, 2.05) is 11.8 Å². The van der Waals surface area contributed by atoms with Gasteiger partial charge in [-0.25, -0.2) is 8.42 Å². The molecule has 2 aliphatic rings. The van der Waals surface area contributed by atoms with Crippen LogP contribution in [-0.4, -0.2) is 69.5 Å². The van der Waals surface area contributed by atoms with Crippen LogP contribution in [0.1, 0.15) is 26.2 Å². The maximum absolute atomic E-state index is 12.8. The van der Waals surface area contributed by atoms with E-state index in [1.54, 1.807) is 0 Å². The molecule has 2 heterocycles. The van der Waals surface area contributed by atoms with Crippen molar-refractivity contribution >= 4 is 27.3 Å². The minimum atomic E-state index is -3.82. The molecule has 10 nitrogen and oxygen atoms in total. The molecule has 0 radical (unpaired) electrons. The van der Waals surface area contributed by atoms with Crippen LogP contribution in [0.5, 0.6) is 0 Å². The van der Waals surface area contributed by atoms with Gasteiger partial charge in [-0.1, -0.05) is 6.92 Å². The van der Waals surface area contributed by atoms with Crippen molar-refractivity contribution < 1.29 is 22.9 Å². The molecule has 3 rings (SSSR count). The maximum Gasteiger partial charge on any atom is 0.293 e. The summed E-state index contributed by atoms with van der Waals surface area (Å²) in [7, 11) is -3.82. The van der Waals surface area contributed by atoms with Crippen LogP contribution in [0.2, 0.25) is 0 Å². The SMILES string of the molecule is CCCNC(=O)C1CCN(c2ccc(S(=O)(=O)N3CCOCC3)cc2[N+](=O)[O-])CC1. The van der Waals surface area contributed by atoms with Crippen molar-refractivity contribution in [3.8, 4) is 0 Å². The van der Waals surface area contributed by atoms with Crippen LogP contribution >= 0.6 is 0 Å². The molecular formula is C19H28N4O6S. The smallest absolute Gasteiger partial charge is 0.293 e. The van der Waals surface area contributed by atoms with Crippen molar-refractivity contribution in [3.05, 3.63) is 28.3 Å². The van der Waals surface area contributed by atoms with E-state index >= 15 is 0 Å². The summed E-state index contributed by atoms with van der Waals surface area (Å²) in [6.45, 7) is 4.70. The van der Waals surface area contributed by atoms with Crippen LogP contribution < -0.4 is 10.2 Å². The van der Waals surface area contributed by atoms with Gasteiger partial charge < -0.3 is 15.0 Å². The lowest BCUT2D eigenvalue weighted by atomic mass is 9.95. The molecule has 2 fully saturated rings. The summed E-state index contributed by atoms with van der Waals surface area (Å²) in [5, 5.41) is 14.6. The molecule has 0 aromatic heterocycles. The zero-order valence-electron chi connectivity index (χ0n) is 17.1. The van der Waals surface area contributed by atoms with Crippen LogP contribution in [0.25, 0.3) is 0 Å². The summed E-state index contributed by atoms with van der Waals surface area (Å²) in [4.78, 5) is 25.1. The van der Waals surface area contributed by atoms with E-state index in [4.69, 9.17) is 4.74 Å². The normalized spacial score (nSPS) is 18.9. The lowest BCUT2D eigenvalue weighted by Crippen LogP contribution is -2.41. The van der Waals surface area contributed by atoms with Crippen molar-refractivity contribution in [2.24, 2.45) is 5.92 Å². The van der Waals surface area contributed by atoms with Gasteiger partial charge in [-0.2, -0.15) is 4.31 Å². The Hall–Kier alpha value is -2.24. The number of ether oxygens (including phenoxy) is 1. The van der Waals surface area contributed by atoms with Gasteiger partial charge in [-0.15, -0.1) is 0 Å². The molecule has 1 aromatic carbocycles. The van der Waals surface area contributed by atoms with E-state index in [-0.39, 0.29) is 35.5 Å². The van der Waals surface area contributed by atoms with Crippen molar-refractivity contribution in [1.82, 2.24) is 9.62 Å². The van der Waals surface area contributed by atoms with E-state index in [0.717, 1.165) is 12.5 Å². The molecule has 1 amide bonds. The predicted molar refractivity (Wildman–Crippen MR) is 111 cm³/mol. The molecule has 1 N–H and O–H groups in total. The number of nitro benzene ring substituents is 1. The van der Waals surface area contributed by atoms with Gasteiger partial charge in [0.15, 0.2) is 0 Å². The number of rotatable bonds is 7. The Morgan fingerprint density at radius 2 is 1.90 bits per heavy atom. The van der Waals surface area contributed by atoms with Gasteiger partial charge in [-0.05, 0) is 31.4 Å². The fraction of sp³-hybridized carbons (Fsp3) is 0.632. The number of amides is 1. The Bertz CT molecular complexity index is 877. The van der Waals surface area contributed by atoms with Crippen molar-refractivity contribution in [2.75, 3.05) is 50.8 Å². The average Bonchev–Trinajstić information content (AvgIpc) is 2.77. The largest absolute Gasteiger partial charge is 0.379 e. The number of hydrogen-bond donors (Lipinski definition) is 1. The van der Waals surface area contributed by atoms with Crippen LogP contribution in [-0.2, 0) is 19.6 Å². The number of morpholine rings is 1. The Morgan fingerprint density at radius 3 is 2.50 bits per heavy atom.